The first kappa shape index (κ1) is 18.3. The van der Waals surface area contributed by atoms with Gasteiger partial charge in [-0.1, -0.05) is 15.9 Å². The number of hydrogen-bond donors (Lipinski definition) is 1. The molecule has 2 rings (SSSR count). The smallest absolute Gasteiger partial charge is 0.253 e. The number of aliphatic hydroxyl groups is 1. The van der Waals surface area contributed by atoms with Gasteiger partial charge >= 0.3 is 0 Å². The molecule has 6 heteroatoms. The first-order valence-corrected chi connectivity index (χ1v) is 8.25. The maximum absolute atomic E-state index is 12.3. The van der Waals surface area contributed by atoms with E-state index >= 15 is 0 Å². The Labute approximate surface area is 149 Å². The van der Waals surface area contributed by atoms with Gasteiger partial charge in [-0.15, -0.1) is 0 Å². The highest BCUT2D eigenvalue weighted by Gasteiger charge is 2.16. The van der Waals surface area contributed by atoms with Gasteiger partial charge < -0.3 is 19.5 Å². The van der Waals surface area contributed by atoms with Crippen molar-refractivity contribution in [1.29, 1.82) is 0 Å². The van der Waals surface area contributed by atoms with Gasteiger partial charge in [0.15, 0.2) is 0 Å². The molecular weight excluding hydrogens is 374 g/mol. The first-order chi connectivity index (χ1) is 11.5. The Bertz CT molecular complexity index is 658. The monoisotopic (exact) mass is 393 g/mol. The highest BCUT2D eigenvalue weighted by Crippen LogP contribution is 2.17. The number of methoxy groups -OCH3 is 1. The van der Waals surface area contributed by atoms with Crippen LogP contribution in [0, 0.1) is 0 Å². The molecule has 0 radical (unpaired) electrons. The molecule has 0 saturated carbocycles. The van der Waals surface area contributed by atoms with E-state index in [1.54, 1.807) is 50.6 Å². The lowest BCUT2D eigenvalue weighted by Crippen LogP contribution is -2.37. The fourth-order valence-electron chi connectivity index (χ4n) is 2.13. The van der Waals surface area contributed by atoms with Crippen LogP contribution >= 0.6 is 15.9 Å². The van der Waals surface area contributed by atoms with Gasteiger partial charge in [0.2, 0.25) is 0 Å². The van der Waals surface area contributed by atoms with Crippen molar-refractivity contribution in [3.8, 4) is 11.5 Å². The average Bonchev–Trinajstić information content (AvgIpc) is 2.60. The summed E-state index contributed by atoms with van der Waals surface area (Å²) in [6, 6.07) is 14.2. The molecule has 1 amide bonds. The van der Waals surface area contributed by atoms with E-state index in [0.717, 1.165) is 10.2 Å². The number of nitrogens with zero attached hydrogens (tertiary/aromatic N) is 1. The average molecular weight is 394 g/mol. The van der Waals surface area contributed by atoms with Crippen molar-refractivity contribution in [1.82, 2.24) is 4.90 Å². The molecule has 0 heterocycles. The summed E-state index contributed by atoms with van der Waals surface area (Å²) in [5.41, 5.74) is 0.573. The number of amides is 1. The Balaban J connectivity index is 1.83. The fraction of sp³-hybridized carbons (Fsp3) is 0.278. The van der Waals surface area contributed by atoms with E-state index in [1.807, 2.05) is 12.1 Å². The zero-order chi connectivity index (χ0) is 17.5. The molecule has 2 aromatic carbocycles. The minimum atomic E-state index is -0.781. The summed E-state index contributed by atoms with van der Waals surface area (Å²) in [6.45, 7) is 0.287. The van der Waals surface area contributed by atoms with E-state index in [0.29, 0.717) is 11.3 Å². The van der Waals surface area contributed by atoms with Crippen molar-refractivity contribution < 1.29 is 19.4 Å². The molecule has 0 aromatic heterocycles. The Morgan fingerprint density at radius 1 is 1.12 bits per heavy atom. The van der Waals surface area contributed by atoms with Gasteiger partial charge in [-0.3, -0.25) is 4.79 Å². The third-order valence-corrected chi connectivity index (χ3v) is 3.95. The lowest BCUT2D eigenvalue weighted by Gasteiger charge is -2.21. The van der Waals surface area contributed by atoms with Crippen LogP contribution in [0.2, 0.25) is 0 Å². The molecule has 0 saturated heterocycles. The first-order valence-electron chi connectivity index (χ1n) is 7.45. The third-order valence-electron chi connectivity index (χ3n) is 3.42. The highest BCUT2D eigenvalue weighted by atomic mass is 79.9. The Kier molecular flexibility index (Phi) is 6.63. The molecule has 0 bridgehead atoms. The molecule has 0 fully saturated rings. The maximum Gasteiger partial charge on any atom is 0.253 e. The molecule has 0 spiro atoms. The minimum Gasteiger partial charge on any atom is -0.497 e. The van der Waals surface area contributed by atoms with Gasteiger partial charge in [-0.2, -0.15) is 0 Å². The second kappa shape index (κ2) is 8.70. The van der Waals surface area contributed by atoms with Crippen molar-refractivity contribution in [2.45, 2.75) is 6.10 Å². The van der Waals surface area contributed by atoms with Crippen molar-refractivity contribution in [2.24, 2.45) is 0 Å². The van der Waals surface area contributed by atoms with Crippen LogP contribution in [0.4, 0.5) is 0 Å². The van der Waals surface area contributed by atoms with E-state index in [9.17, 15) is 9.90 Å². The molecule has 1 N–H and O–H groups in total. The summed E-state index contributed by atoms with van der Waals surface area (Å²) in [4.78, 5) is 13.8. The van der Waals surface area contributed by atoms with Gasteiger partial charge in [0.25, 0.3) is 5.91 Å². The van der Waals surface area contributed by atoms with Gasteiger partial charge in [-0.25, -0.2) is 0 Å². The van der Waals surface area contributed by atoms with E-state index < -0.39 is 6.10 Å². The number of aliphatic hydroxyl groups excluding tert-OH is 1. The predicted molar refractivity (Wildman–Crippen MR) is 95.6 cm³/mol. The van der Waals surface area contributed by atoms with Crippen LogP contribution in [0.15, 0.2) is 53.0 Å². The van der Waals surface area contributed by atoms with Crippen LogP contribution in [-0.2, 0) is 0 Å². The predicted octanol–water partition coefficient (Wildman–Crippen LogP) is 2.97. The normalized spacial score (nSPS) is 11.7. The topological polar surface area (TPSA) is 59.0 Å². The molecule has 1 atom stereocenters. The lowest BCUT2D eigenvalue weighted by molar-refractivity contribution is 0.0563. The van der Waals surface area contributed by atoms with Crippen LogP contribution in [0.1, 0.15) is 10.4 Å². The number of benzene rings is 2. The van der Waals surface area contributed by atoms with Crippen LogP contribution < -0.4 is 9.47 Å². The number of hydrogen-bond acceptors (Lipinski definition) is 4. The second-order valence-corrected chi connectivity index (χ2v) is 6.25. The summed E-state index contributed by atoms with van der Waals surface area (Å²) in [6.07, 6.45) is -0.781. The summed E-state index contributed by atoms with van der Waals surface area (Å²) in [7, 11) is 3.25. The molecule has 0 unspecified atom stereocenters. The number of halogens is 1. The van der Waals surface area contributed by atoms with E-state index in [1.165, 1.54) is 4.90 Å². The van der Waals surface area contributed by atoms with Gasteiger partial charge in [0, 0.05) is 23.6 Å². The maximum atomic E-state index is 12.3. The largest absolute Gasteiger partial charge is 0.497 e. The van der Waals surface area contributed by atoms with Gasteiger partial charge in [0.05, 0.1) is 7.11 Å². The molecule has 0 aliphatic heterocycles. The zero-order valence-electron chi connectivity index (χ0n) is 13.6. The molecule has 0 aliphatic rings. The molecular formula is C18H20BrNO4. The summed E-state index contributed by atoms with van der Waals surface area (Å²) >= 11 is 3.33. The molecule has 128 valence electrons. The van der Waals surface area contributed by atoms with Crippen molar-refractivity contribution in [3.05, 3.63) is 58.6 Å². The number of carbonyl (C=O) groups is 1. The highest BCUT2D eigenvalue weighted by molar-refractivity contribution is 9.10. The molecule has 5 nitrogen and oxygen atoms in total. The van der Waals surface area contributed by atoms with Crippen LogP contribution in [0.25, 0.3) is 0 Å². The fourth-order valence-corrected chi connectivity index (χ4v) is 2.39. The van der Waals surface area contributed by atoms with Crippen molar-refractivity contribution >= 4 is 21.8 Å². The molecule has 24 heavy (non-hydrogen) atoms. The second-order valence-electron chi connectivity index (χ2n) is 5.33. The van der Waals surface area contributed by atoms with Crippen molar-refractivity contribution in [2.75, 3.05) is 27.3 Å². The van der Waals surface area contributed by atoms with Gasteiger partial charge in [0.1, 0.15) is 24.2 Å². The summed E-state index contributed by atoms with van der Waals surface area (Å²) < 4.78 is 11.5. The molecule has 2 aromatic rings. The zero-order valence-corrected chi connectivity index (χ0v) is 15.2. The number of likely N-dealkylation sites (N-methyl/N-ethyl adjacent to an activating group) is 1. The minimum absolute atomic E-state index is 0.101. The third kappa shape index (κ3) is 5.25. The van der Waals surface area contributed by atoms with E-state index in [2.05, 4.69) is 15.9 Å². The van der Waals surface area contributed by atoms with Crippen molar-refractivity contribution in [3.63, 3.8) is 0 Å². The number of carbonyl (C=O) groups excluding carboxylic acids is 1. The lowest BCUT2D eigenvalue weighted by atomic mass is 10.2. The Morgan fingerprint density at radius 2 is 1.71 bits per heavy atom. The Hall–Kier alpha value is -2.05. The standard InChI is InChI=1S/C18H20BrNO4/c1-20(18(22)13-3-5-14(19)6-4-13)11-15(21)12-24-17-9-7-16(23-2)8-10-17/h3-10,15,21H,11-12H2,1-2H3/t15-/m1/s1. The number of ether oxygens (including phenoxy) is 2. The number of rotatable bonds is 7. The Morgan fingerprint density at radius 3 is 2.29 bits per heavy atom. The van der Waals surface area contributed by atoms with Gasteiger partial charge in [-0.05, 0) is 48.5 Å². The SMILES string of the molecule is COc1ccc(OC[C@H](O)CN(C)C(=O)c2ccc(Br)cc2)cc1. The molecule has 0 aliphatic carbocycles. The van der Waals surface area contributed by atoms with E-state index in [-0.39, 0.29) is 19.1 Å². The van der Waals surface area contributed by atoms with Crippen LogP contribution in [0.5, 0.6) is 11.5 Å². The quantitative estimate of drug-likeness (QED) is 0.785. The van der Waals surface area contributed by atoms with Crippen LogP contribution in [0.3, 0.4) is 0 Å². The summed E-state index contributed by atoms with van der Waals surface area (Å²) in [5, 5.41) is 10.1. The van der Waals surface area contributed by atoms with Crippen LogP contribution in [-0.4, -0.2) is 49.3 Å². The van der Waals surface area contributed by atoms with E-state index in [4.69, 9.17) is 9.47 Å². The summed E-state index contributed by atoms with van der Waals surface area (Å²) in [5.74, 6) is 1.23.